The number of aromatic nitrogens is 4. The van der Waals surface area contributed by atoms with Gasteiger partial charge < -0.3 is 0 Å². The number of hydrogen-bond acceptors (Lipinski definition) is 4. The first-order valence-electron chi connectivity index (χ1n) is 18.1. The number of imidazole rings is 1. The number of thiophene rings is 1. The van der Waals surface area contributed by atoms with E-state index in [0.29, 0.717) is 5.82 Å². The maximum atomic E-state index is 5.12. The largest absolute Gasteiger partial charge is 0.290 e. The molecule has 252 valence electrons. The molecule has 0 spiro atoms. The van der Waals surface area contributed by atoms with Crippen LogP contribution in [0.25, 0.3) is 104 Å². The number of para-hydroxylation sites is 2. The van der Waals surface area contributed by atoms with Crippen LogP contribution in [0.5, 0.6) is 0 Å². The molecular formula is C49H30N4S. The Balaban J connectivity index is 1.02. The van der Waals surface area contributed by atoms with Crippen LogP contribution in [0.15, 0.2) is 182 Å². The van der Waals surface area contributed by atoms with Gasteiger partial charge in [0.05, 0.1) is 32.6 Å². The van der Waals surface area contributed by atoms with Crippen LogP contribution in [-0.2, 0) is 0 Å². The number of nitrogens with zero attached hydrogens (tertiary/aromatic N) is 4. The molecule has 11 rings (SSSR count). The Morgan fingerprint density at radius 1 is 0.389 bits per heavy atom. The zero-order valence-electron chi connectivity index (χ0n) is 29.0. The second-order valence-electron chi connectivity index (χ2n) is 13.6. The van der Waals surface area contributed by atoms with Gasteiger partial charge in [0.15, 0.2) is 5.82 Å². The lowest BCUT2D eigenvalue weighted by molar-refractivity contribution is 1.18. The molecule has 0 saturated carbocycles. The molecule has 7 aromatic carbocycles. The summed E-state index contributed by atoms with van der Waals surface area (Å²) in [5, 5.41) is 3.66. The molecule has 0 fully saturated rings. The summed E-state index contributed by atoms with van der Waals surface area (Å²) in [6.45, 7) is 0. The Hall–Kier alpha value is -6.95. The topological polar surface area (TPSA) is 43.1 Å². The van der Waals surface area contributed by atoms with Crippen LogP contribution in [0.1, 0.15) is 0 Å². The number of pyridine rings is 1. The lowest BCUT2D eigenvalue weighted by atomic mass is 9.99. The van der Waals surface area contributed by atoms with Gasteiger partial charge in [0.25, 0.3) is 0 Å². The van der Waals surface area contributed by atoms with Gasteiger partial charge in [0.2, 0.25) is 0 Å². The Morgan fingerprint density at radius 2 is 0.926 bits per heavy atom. The van der Waals surface area contributed by atoms with Crippen molar-refractivity contribution in [3.05, 3.63) is 182 Å². The Morgan fingerprint density at radius 3 is 1.63 bits per heavy atom. The average Bonchev–Trinajstić information content (AvgIpc) is 3.83. The third kappa shape index (κ3) is 5.01. The van der Waals surface area contributed by atoms with Crippen LogP contribution in [-0.4, -0.2) is 19.4 Å². The molecule has 54 heavy (non-hydrogen) atoms. The maximum absolute atomic E-state index is 5.12. The summed E-state index contributed by atoms with van der Waals surface area (Å²) in [5.41, 5.74) is 13.9. The Kier molecular flexibility index (Phi) is 7.00. The van der Waals surface area contributed by atoms with Gasteiger partial charge in [0, 0.05) is 37.5 Å². The highest BCUT2D eigenvalue weighted by Crippen LogP contribution is 2.43. The summed E-state index contributed by atoms with van der Waals surface area (Å²) in [5.74, 6) is 0.708. The molecule has 5 heteroatoms. The lowest BCUT2D eigenvalue weighted by Gasteiger charge is -2.11. The van der Waals surface area contributed by atoms with Crippen LogP contribution in [0, 0.1) is 0 Å². The number of rotatable bonds is 5. The van der Waals surface area contributed by atoms with Crippen molar-refractivity contribution >= 4 is 59.1 Å². The van der Waals surface area contributed by atoms with Gasteiger partial charge in [0.1, 0.15) is 5.65 Å². The van der Waals surface area contributed by atoms with Crippen molar-refractivity contribution in [2.45, 2.75) is 0 Å². The zero-order valence-corrected chi connectivity index (χ0v) is 29.8. The molecule has 0 aliphatic rings. The number of benzene rings is 7. The Bertz CT molecular complexity index is 3180. The summed E-state index contributed by atoms with van der Waals surface area (Å²) in [4.78, 5) is 15.3. The van der Waals surface area contributed by atoms with Crippen molar-refractivity contribution in [1.29, 1.82) is 0 Å². The van der Waals surface area contributed by atoms with Crippen molar-refractivity contribution < 1.29 is 0 Å². The summed E-state index contributed by atoms with van der Waals surface area (Å²) in [6.07, 6.45) is 0. The van der Waals surface area contributed by atoms with Crippen molar-refractivity contribution in [3.8, 4) is 56.2 Å². The number of fused-ring (bicyclic) bond motifs is 10. The van der Waals surface area contributed by atoms with E-state index in [4.69, 9.17) is 15.0 Å². The van der Waals surface area contributed by atoms with Gasteiger partial charge in [-0.2, -0.15) is 0 Å². The quantitative estimate of drug-likeness (QED) is 0.179. The van der Waals surface area contributed by atoms with E-state index in [1.165, 1.54) is 47.8 Å². The summed E-state index contributed by atoms with van der Waals surface area (Å²) >= 11 is 1.86. The fourth-order valence-corrected chi connectivity index (χ4v) is 8.94. The van der Waals surface area contributed by atoms with Crippen LogP contribution < -0.4 is 0 Å². The summed E-state index contributed by atoms with van der Waals surface area (Å²) in [7, 11) is 0. The second kappa shape index (κ2) is 12.3. The summed E-state index contributed by atoms with van der Waals surface area (Å²) in [6, 6.07) is 64.2. The molecule has 0 atom stereocenters. The molecule has 11 aromatic rings. The third-order valence-corrected chi connectivity index (χ3v) is 11.6. The molecule has 4 nitrogen and oxygen atoms in total. The first-order valence-corrected chi connectivity index (χ1v) is 18.9. The maximum Gasteiger partial charge on any atom is 0.160 e. The molecule has 0 unspecified atom stereocenters. The fourth-order valence-electron chi connectivity index (χ4n) is 7.73. The minimum Gasteiger partial charge on any atom is -0.290 e. The SMILES string of the molecule is c1ccc(-c2ccc(-c3cc(-c4ccc(-c5ccc6sc7c8ccccc8c8nc9ccccc9n8c7c6c5)cc4)nc(-c4ccccc4)n3)cc2)cc1. The van der Waals surface area contributed by atoms with E-state index in [0.717, 1.165) is 50.3 Å². The first-order chi connectivity index (χ1) is 26.7. The van der Waals surface area contributed by atoms with Gasteiger partial charge in [-0.25, -0.2) is 15.0 Å². The van der Waals surface area contributed by atoms with Gasteiger partial charge >= 0.3 is 0 Å². The molecule has 4 heterocycles. The second-order valence-corrected chi connectivity index (χ2v) is 14.7. The molecule has 0 bridgehead atoms. The smallest absolute Gasteiger partial charge is 0.160 e. The monoisotopic (exact) mass is 706 g/mol. The van der Waals surface area contributed by atoms with Gasteiger partial charge in [-0.3, -0.25) is 4.40 Å². The zero-order chi connectivity index (χ0) is 35.6. The highest BCUT2D eigenvalue weighted by Gasteiger charge is 2.18. The minimum absolute atomic E-state index is 0.708. The molecule has 0 radical (unpaired) electrons. The van der Waals surface area contributed by atoms with Gasteiger partial charge in [-0.1, -0.05) is 152 Å². The van der Waals surface area contributed by atoms with Gasteiger partial charge in [-0.15, -0.1) is 11.3 Å². The van der Waals surface area contributed by atoms with Crippen LogP contribution in [0.2, 0.25) is 0 Å². The predicted molar refractivity (Wildman–Crippen MR) is 226 cm³/mol. The fraction of sp³-hybridized carbons (Fsp3) is 0. The van der Waals surface area contributed by atoms with E-state index in [1.54, 1.807) is 0 Å². The molecule has 0 saturated heterocycles. The number of hydrogen-bond donors (Lipinski definition) is 0. The van der Waals surface area contributed by atoms with Crippen molar-refractivity contribution in [2.75, 3.05) is 0 Å². The normalized spacial score (nSPS) is 11.7. The summed E-state index contributed by atoms with van der Waals surface area (Å²) < 4.78 is 4.91. The molecule has 4 aromatic heterocycles. The van der Waals surface area contributed by atoms with Crippen molar-refractivity contribution in [1.82, 2.24) is 19.4 Å². The molecule has 0 N–H and O–H groups in total. The molecule has 0 amide bonds. The van der Waals surface area contributed by atoms with E-state index in [2.05, 4.69) is 162 Å². The molecule has 0 aliphatic heterocycles. The van der Waals surface area contributed by atoms with Crippen LogP contribution in [0.3, 0.4) is 0 Å². The van der Waals surface area contributed by atoms with Crippen molar-refractivity contribution in [2.24, 2.45) is 0 Å². The standard InChI is InChI=1S/C49H30N4S/c1-3-11-31(12-4-1)32-19-23-34(24-20-32)42-30-43(51-48(50-42)36-13-5-2-6-14-36)35-25-21-33(22-26-35)37-27-28-45-40(29-37)46-47(54-45)38-15-7-8-16-39(38)49-52-41-17-9-10-18-44(41)53(46)49/h1-30H. The van der Waals surface area contributed by atoms with E-state index in [9.17, 15) is 0 Å². The minimum atomic E-state index is 0.708. The van der Waals surface area contributed by atoms with E-state index < -0.39 is 0 Å². The van der Waals surface area contributed by atoms with E-state index in [-0.39, 0.29) is 0 Å². The third-order valence-electron chi connectivity index (χ3n) is 10.4. The average molecular weight is 707 g/mol. The lowest BCUT2D eigenvalue weighted by Crippen LogP contribution is -1.96. The van der Waals surface area contributed by atoms with E-state index in [1.807, 2.05) is 35.6 Å². The van der Waals surface area contributed by atoms with Gasteiger partial charge in [-0.05, 0) is 52.6 Å². The first kappa shape index (κ1) is 30.7. The predicted octanol–water partition coefficient (Wildman–Crippen LogP) is 13.1. The van der Waals surface area contributed by atoms with E-state index >= 15 is 0 Å². The molecular weight excluding hydrogens is 677 g/mol. The Labute approximate surface area is 315 Å². The highest BCUT2D eigenvalue weighted by atomic mass is 32.1. The molecule has 0 aliphatic carbocycles. The highest BCUT2D eigenvalue weighted by molar-refractivity contribution is 7.26. The van der Waals surface area contributed by atoms with Crippen LogP contribution in [0.4, 0.5) is 0 Å². The van der Waals surface area contributed by atoms with Crippen molar-refractivity contribution in [3.63, 3.8) is 0 Å². The van der Waals surface area contributed by atoms with Crippen LogP contribution >= 0.6 is 11.3 Å².